The molecule has 31 heavy (non-hydrogen) atoms. The van der Waals surface area contributed by atoms with Crippen LogP contribution >= 0.6 is 27.3 Å². The highest BCUT2D eigenvalue weighted by Gasteiger charge is 2.27. The van der Waals surface area contributed by atoms with Crippen LogP contribution in [0.5, 0.6) is 0 Å². The molecule has 3 rings (SSSR count). The number of amides is 1. The van der Waals surface area contributed by atoms with Gasteiger partial charge in [-0.25, -0.2) is 13.1 Å². The molecule has 3 N–H and O–H groups in total. The Morgan fingerprint density at radius 1 is 1.32 bits per heavy atom. The fourth-order valence-corrected chi connectivity index (χ4v) is 5.80. The van der Waals surface area contributed by atoms with E-state index in [0.29, 0.717) is 15.9 Å². The van der Waals surface area contributed by atoms with E-state index in [-0.39, 0.29) is 28.2 Å². The average molecular weight is 528 g/mol. The van der Waals surface area contributed by atoms with Gasteiger partial charge in [-0.1, -0.05) is 29.8 Å². The summed E-state index contributed by atoms with van der Waals surface area (Å²) in [7, 11) is -4.10. The van der Waals surface area contributed by atoms with Crippen LogP contribution in [-0.4, -0.2) is 31.2 Å². The Balaban J connectivity index is 1.94. The van der Waals surface area contributed by atoms with Crippen LogP contribution in [0.15, 0.2) is 37.5 Å². The number of nitrogens with one attached hydrogen (secondary N) is 2. The van der Waals surface area contributed by atoms with Crippen LogP contribution in [0.4, 0.5) is 11.6 Å². The topological polar surface area (TPSA) is 122 Å². The first kappa shape index (κ1) is 23.5. The third-order valence-corrected chi connectivity index (χ3v) is 8.05. The minimum absolute atomic E-state index is 0.0300. The van der Waals surface area contributed by atoms with Crippen LogP contribution in [-0.2, 0) is 10.0 Å². The predicted octanol–water partition coefficient (Wildman–Crippen LogP) is 4.57. The number of thiophene rings is 1. The van der Waals surface area contributed by atoms with Crippen molar-refractivity contribution in [1.29, 1.82) is 0 Å². The van der Waals surface area contributed by atoms with Crippen molar-refractivity contribution in [3.05, 3.63) is 55.3 Å². The van der Waals surface area contributed by atoms with E-state index in [9.17, 15) is 18.3 Å². The van der Waals surface area contributed by atoms with Crippen molar-refractivity contribution in [3.63, 3.8) is 0 Å². The second-order valence-electron chi connectivity index (χ2n) is 7.21. The molecular formula is C20H22BrN3O5S2. The van der Waals surface area contributed by atoms with Gasteiger partial charge >= 0.3 is 0 Å². The Bertz CT molecular complexity index is 1230. The number of benzene rings is 1. The normalized spacial score (nSPS) is 12.6. The number of carbonyl (C=O) groups excluding carboxylic acids is 1. The Hall–Kier alpha value is -2.21. The molecule has 166 valence electrons. The van der Waals surface area contributed by atoms with Crippen molar-refractivity contribution >= 4 is 54.8 Å². The molecular weight excluding hydrogens is 506 g/mol. The van der Waals surface area contributed by atoms with E-state index in [4.69, 9.17) is 4.52 Å². The lowest BCUT2D eigenvalue weighted by Crippen LogP contribution is -2.20. The summed E-state index contributed by atoms with van der Waals surface area (Å²) in [6.45, 7) is 7.22. The summed E-state index contributed by atoms with van der Waals surface area (Å²) in [6, 6.07) is 5.18. The van der Waals surface area contributed by atoms with Gasteiger partial charge in [-0.05, 0) is 59.3 Å². The van der Waals surface area contributed by atoms with Crippen molar-refractivity contribution in [3.8, 4) is 0 Å². The maximum Gasteiger partial charge on any atom is 0.267 e. The molecule has 1 atom stereocenters. The molecule has 1 unspecified atom stereocenters. The van der Waals surface area contributed by atoms with E-state index < -0.39 is 15.9 Å². The molecule has 0 aliphatic heterocycles. The van der Waals surface area contributed by atoms with E-state index in [1.165, 1.54) is 11.4 Å². The molecule has 8 nitrogen and oxygen atoms in total. The number of rotatable bonds is 7. The summed E-state index contributed by atoms with van der Waals surface area (Å²) in [5.41, 5.74) is 3.66. The zero-order valence-corrected chi connectivity index (χ0v) is 20.5. The second kappa shape index (κ2) is 9.11. The molecule has 0 saturated heterocycles. The highest BCUT2D eigenvalue weighted by Crippen LogP contribution is 2.33. The van der Waals surface area contributed by atoms with Gasteiger partial charge in [0.1, 0.15) is 14.2 Å². The molecule has 2 heterocycles. The van der Waals surface area contributed by atoms with Crippen LogP contribution in [0.1, 0.15) is 44.9 Å². The second-order valence-corrected chi connectivity index (χ2v) is 10.6. The number of nitrogens with zero attached hydrogens (tertiary/aromatic N) is 1. The smallest absolute Gasteiger partial charge is 0.267 e. The first-order valence-electron chi connectivity index (χ1n) is 9.30. The van der Waals surface area contributed by atoms with Crippen LogP contribution in [0.25, 0.3) is 0 Å². The lowest BCUT2D eigenvalue weighted by Gasteiger charge is -2.19. The van der Waals surface area contributed by atoms with Gasteiger partial charge in [0.15, 0.2) is 0 Å². The number of hydrogen-bond acceptors (Lipinski definition) is 7. The van der Waals surface area contributed by atoms with Crippen LogP contribution < -0.4 is 10.0 Å². The minimum atomic E-state index is -4.10. The fraction of sp³-hybridized carbons (Fsp3) is 0.300. The first-order chi connectivity index (χ1) is 14.5. The standard InChI is InChI=1S/C20H22BrN3O5S2/c1-10-7-11(2)17(14(8-10)12(3)9-25)22-19(26)18-15(5-6-30-18)31(27,28)24-20-16(21)13(4)23-29-20/h5-8,12,24-25H,9H2,1-4H3,(H,22,26). The molecule has 2 aromatic heterocycles. The monoisotopic (exact) mass is 527 g/mol. The predicted molar refractivity (Wildman–Crippen MR) is 123 cm³/mol. The SMILES string of the molecule is Cc1cc(C)c(NC(=O)c2sccc2S(=O)(=O)Nc2onc(C)c2Br)c(C(C)CO)c1. The molecule has 1 amide bonds. The van der Waals surface area contributed by atoms with Gasteiger partial charge in [0.05, 0.1) is 5.69 Å². The molecule has 0 saturated carbocycles. The number of aryl methyl sites for hydroxylation is 3. The lowest BCUT2D eigenvalue weighted by atomic mass is 9.95. The molecule has 0 aliphatic carbocycles. The third-order valence-electron chi connectivity index (χ3n) is 4.70. The summed E-state index contributed by atoms with van der Waals surface area (Å²) in [6.07, 6.45) is 0. The van der Waals surface area contributed by atoms with E-state index in [0.717, 1.165) is 28.0 Å². The average Bonchev–Trinajstić information content (AvgIpc) is 3.32. The molecule has 11 heteroatoms. The van der Waals surface area contributed by atoms with Gasteiger partial charge in [0, 0.05) is 18.2 Å². The maximum atomic E-state index is 13.1. The van der Waals surface area contributed by atoms with Crippen LogP contribution in [0.3, 0.4) is 0 Å². The number of carbonyl (C=O) groups is 1. The molecule has 0 bridgehead atoms. The summed E-state index contributed by atoms with van der Waals surface area (Å²) < 4.78 is 33.5. The number of aliphatic hydroxyl groups is 1. The van der Waals surface area contributed by atoms with E-state index >= 15 is 0 Å². The molecule has 3 aromatic rings. The van der Waals surface area contributed by atoms with E-state index in [1.807, 2.05) is 32.9 Å². The van der Waals surface area contributed by atoms with Gasteiger partial charge in [-0.15, -0.1) is 11.3 Å². The van der Waals surface area contributed by atoms with Gasteiger partial charge in [0.25, 0.3) is 21.8 Å². The molecule has 1 aromatic carbocycles. The zero-order chi connectivity index (χ0) is 22.9. The first-order valence-corrected chi connectivity index (χ1v) is 12.5. The number of aliphatic hydroxyl groups excluding tert-OH is 1. The molecule has 0 spiro atoms. The third kappa shape index (κ3) is 4.84. The molecule has 0 fully saturated rings. The quantitative estimate of drug-likeness (QED) is 0.413. The summed E-state index contributed by atoms with van der Waals surface area (Å²) in [5, 5.41) is 17.7. The number of anilines is 2. The van der Waals surface area contributed by atoms with Crippen molar-refractivity contribution in [2.75, 3.05) is 16.6 Å². The number of sulfonamides is 1. The summed E-state index contributed by atoms with van der Waals surface area (Å²) in [5.74, 6) is -0.820. The highest BCUT2D eigenvalue weighted by atomic mass is 79.9. The van der Waals surface area contributed by atoms with Crippen molar-refractivity contribution < 1.29 is 22.8 Å². The van der Waals surface area contributed by atoms with E-state index in [2.05, 4.69) is 31.1 Å². The Morgan fingerprint density at radius 2 is 2.03 bits per heavy atom. The minimum Gasteiger partial charge on any atom is -0.396 e. The Labute approximate surface area is 192 Å². The maximum absolute atomic E-state index is 13.1. The van der Waals surface area contributed by atoms with Gasteiger partial charge in [0.2, 0.25) is 0 Å². The Kier molecular flexibility index (Phi) is 6.89. The lowest BCUT2D eigenvalue weighted by molar-refractivity contribution is 0.102. The van der Waals surface area contributed by atoms with Gasteiger partial charge in [-0.2, -0.15) is 0 Å². The van der Waals surface area contributed by atoms with E-state index in [1.54, 1.807) is 6.92 Å². The van der Waals surface area contributed by atoms with Gasteiger partial charge in [-0.3, -0.25) is 4.79 Å². The largest absolute Gasteiger partial charge is 0.396 e. The van der Waals surface area contributed by atoms with Crippen molar-refractivity contribution in [1.82, 2.24) is 5.16 Å². The van der Waals surface area contributed by atoms with Crippen LogP contribution in [0, 0.1) is 20.8 Å². The van der Waals surface area contributed by atoms with Gasteiger partial charge < -0.3 is 14.9 Å². The Morgan fingerprint density at radius 3 is 2.65 bits per heavy atom. The fourth-order valence-electron chi connectivity index (χ4n) is 3.10. The van der Waals surface area contributed by atoms with Crippen molar-refractivity contribution in [2.45, 2.75) is 38.5 Å². The summed E-state index contributed by atoms with van der Waals surface area (Å²) >= 11 is 4.23. The number of aromatic nitrogens is 1. The summed E-state index contributed by atoms with van der Waals surface area (Å²) in [4.78, 5) is 12.9. The van der Waals surface area contributed by atoms with Crippen molar-refractivity contribution in [2.24, 2.45) is 0 Å². The number of halogens is 1. The number of hydrogen-bond donors (Lipinski definition) is 3. The molecule has 0 aliphatic rings. The van der Waals surface area contributed by atoms with Crippen LogP contribution in [0.2, 0.25) is 0 Å². The zero-order valence-electron chi connectivity index (χ0n) is 17.3. The molecule has 0 radical (unpaired) electrons. The highest BCUT2D eigenvalue weighted by molar-refractivity contribution is 9.10.